The first-order valence-corrected chi connectivity index (χ1v) is 8.15. The first-order chi connectivity index (χ1) is 8.87. The van der Waals surface area contributed by atoms with E-state index >= 15 is 0 Å². The fourth-order valence-corrected chi connectivity index (χ4v) is 5.22. The number of carbonyl (C=O) groups excluding carboxylic acids is 1. The molecule has 19 heavy (non-hydrogen) atoms. The van der Waals surface area contributed by atoms with Crippen LogP contribution in [-0.2, 0) is 4.79 Å². The second-order valence-electron chi connectivity index (χ2n) is 7.46. The molecule has 0 aromatic heterocycles. The molecule has 0 aromatic carbocycles. The Balaban J connectivity index is 2.27. The number of hydrogen-bond acceptors (Lipinski definition) is 1. The van der Waals surface area contributed by atoms with Gasteiger partial charge in [-0.3, -0.25) is 4.79 Å². The molecule has 2 aliphatic carbocycles. The summed E-state index contributed by atoms with van der Waals surface area (Å²) in [5.41, 5.74) is 0.382. The lowest BCUT2D eigenvalue weighted by Gasteiger charge is -2.46. The summed E-state index contributed by atoms with van der Waals surface area (Å²) in [6.07, 6.45) is 2.61. The Morgan fingerprint density at radius 2 is 1.84 bits per heavy atom. The highest BCUT2D eigenvalue weighted by atomic mass is 16.2. The maximum Gasteiger partial charge on any atom is 0.223 e. The van der Waals surface area contributed by atoms with E-state index in [4.69, 9.17) is 0 Å². The molecule has 1 amide bonds. The van der Waals surface area contributed by atoms with Crippen molar-refractivity contribution in [2.45, 2.75) is 54.4 Å². The lowest BCUT2D eigenvalue weighted by molar-refractivity contribution is -0.123. The highest BCUT2D eigenvalue weighted by Crippen LogP contribution is 2.69. The van der Waals surface area contributed by atoms with Gasteiger partial charge in [-0.1, -0.05) is 34.6 Å². The molecular formula is C17H31NO. The third kappa shape index (κ3) is 2.11. The van der Waals surface area contributed by atoms with Crippen LogP contribution in [-0.4, -0.2) is 12.5 Å². The first kappa shape index (κ1) is 14.9. The van der Waals surface area contributed by atoms with Crippen LogP contribution in [0.2, 0.25) is 0 Å². The zero-order valence-electron chi connectivity index (χ0n) is 13.5. The van der Waals surface area contributed by atoms with Crippen LogP contribution in [0.5, 0.6) is 0 Å². The van der Waals surface area contributed by atoms with E-state index in [1.54, 1.807) is 0 Å². The Morgan fingerprint density at radius 3 is 2.32 bits per heavy atom. The third-order valence-electron chi connectivity index (χ3n) is 6.19. The molecule has 2 heteroatoms. The molecule has 2 fully saturated rings. The Labute approximate surface area is 118 Å². The van der Waals surface area contributed by atoms with Crippen molar-refractivity contribution in [2.75, 3.05) is 6.54 Å². The van der Waals surface area contributed by atoms with Gasteiger partial charge < -0.3 is 5.32 Å². The van der Waals surface area contributed by atoms with Gasteiger partial charge >= 0.3 is 0 Å². The monoisotopic (exact) mass is 265 g/mol. The lowest BCUT2D eigenvalue weighted by atomic mass is 9.59. The van der Waals surface area contributed by atoms with E-state index < -0.39 is 0 Å². The standard InChI is InChI=1S/C17H31NO/c1-7-18-16(19)14-13-12(6)8-9-17(10(2)3,11(4)5)15(13)14/h10-15H,7-9H2,1-6H3,(H,18,19). The number of carbonyl (C=O) groups is 1. The SMILES string of the molecule is CCNC(=O)C1C2C(C)CCC(C(C)C)(C(C)C)C12. The highest BCUT2D eigenvalue weighted by molar-refractivity contribution is 5.82. The van der Waals surface area contributed by atoms with Crippen LogP contribution in [0.3, 0.4) is 0 Å². The fourth-order valence-electron chi connectivity index (χ4n) is 5.22. The molecule has 1 N–H and O–H groups in total. The quantitative estimate of drug-likeness (QED) is 0.825. The van der Waals surface area contributed by atoms with Gasteiger partial charge in [-0.15, -0.1) is 0 Å². The summed E-state index contributed by atoms with van der Waals surface area (Å²) < 4.78 is 0. The number of nitrogens with one attached hydrogen (secondary N) is 1. The Kier molecular flexibility index (Phi) is 3.99. The third-order valence-corrected chi connectivity index (χ3v) is 6.19. The second kappa shape index (κ2) is 5.10. The number of hydrogen-bond donors (Lipinski definition) is 1. The van der Waals surface area contributed by atoms with Crippen molar-refractivity contribution in [3.63, 3.8) is 0 Å². The molecule has 0 spiro atoms. The molecule has 4 unspecified atom stereocenters. The Hall–Kier alpha value is -0.530. The predicted molar refractivity (Wildman–Crippen MR) is 79.7 cm³/mol. The minimum absolute atomic E-state index is 0.294. The average Bonchev–Trinajstić information content (AvgIpc) is 3.05. The first-order valence-electron chi connectivity index (χ1n) is 8.15. The van der Waals surface area contributed by atoms with Crippen LogP contribution >= 0.6 is 0 Å². The van der Waals surface area contributed by atoms with E-state index in [1.165, 1.54) is 12.8 Å². The number of amides is 1. The molecule has 2 rings (SSSR count). The van der Waals surface area contributed by atoms with Crippen LogP contribution in [0.25, 0.3) is 0 Å². The number of fused-ring (bicyclic) bond motifs is 1. The molecule has 4 atom stereocenters. The summed E-state index contributed by atoms with van der Waals surface area (Å²) in [6, 6.07) is 0. The maximum absolute atomic E-state index is 12.3. The summed E-state index contributed by atoms with van der Waals surface area (Å²) in [7, 11) is 0. The molecule has 2 saturated carbocycles. The second-order valence-corrected chi connectivity index (χ2v) is 7.46. The topological polar surface area (TPSA) is 29.1 Å². The summed E-state index contributed by atoms with van der Waals surface area (Å²) in [4.78, 5) is 12.3. The minimum Gasteiger partial charge on any atom is -0.356 e. The Morgan fingerprint density at radius 1 is 1.26 bits per heavy atom. The van der Waals surface area contributed by atoms with Crippen molar-refractivity contribution in [3.05, 3.63) is 0 Å². The average molecular weight is 265 g/mol. The summed E-state index contributed by atoms with van der Waals surface area (Å²) >= 11 is 0. The minimum atomic E-state index is 0.294. The van der Waals surface area contributed by atoms with Crippen LogP contribution in [0.1, 0.15) is 54.4 Å². The molecule has 0 aromatic rings. The van der Waals surface area contributed by atoms with Gasteiger partial charge in [0.2, 0.25) is 5.91 Å². The van der Waals surface area contributed by atoms with Gasteiger partial charge in [-0.2, -0.15) is 0 Å². The van der Waals surface area contributed by atoms with Crippen LogP contribution < -0.4 is 5.32 Å². The van der Waals surface area contributed by atoms with Gasteiger partial charge in [0, 0.05) is 12.5 Å². The van der Waals surface area contributed by atoms with Gasteiger partial charge in [0.25, 0.3) is 0 Å². The van der Waals surface area contributed by atoms with Crippen LogP contribution in [0.15, 0.2) is 0 Å². The molecule has 0 saturated heterocycles. The van der Waals surface area contributed by atoms with Gasteiger partial charge in [0.1, 0.15) is 0 Å². The molecule has 0 radical (unpaired) electrons. The van der Waals surface area contributed by atoms with Gasteiger partial charge in [-0.25, -0.2) is 0 Å². The molecular weight excluding hydrogens is 234 g/mol. The molecule has 110 valence electrons. The van der Waals surface area contributed by atoms with E-state index in [0.717, 1.165) is 12.5 Å². The molecule has 0 aliphatic heterocycles. The summed E-state index contributed by atoms with van der Waals surface area (Å²) in [5.74, 6) is 3.95. The largest absolute Gasteiger partial charge is 0.356 e. The summed E-state index contributed by atoms with van der Waals surface area (Å²) in [5, 5.41) is 3.06. The van der Waals surface area contributed by atoms with Crippen LogP contribution in [0.4, 0.5) is 0 Å². The zero-order valence-corrected chi connectivity index (χ0v) is 13.5. The Bertz CT molecular complexity index is 339. The van der Waals surface area contributed by atoms with Crippen LogP contribution in [0, 0.1) is 40.9 Å². The van der Waals surface area contributed by atoms with E-state index in [-0.39, 0.29) is 0 Å². The highest BCUT2D eigenvalue weighted by Gasteiger charge is 2.68. The van der Waals surface area contributed by atoms with Crippen molar-refractivity contribution >= 4 is 5.91 Å². The van der Waals surface area contributed by atoms with Gasteiger partial charge in [-0.05, 0) is 54.8 Å². The molecule has 0 heterocycles. The lowest BCUT2D eigenvalue weighted by Crippen LogP contribution is -2.40. The predicted octanol–water partition coefficient (Wildman–Crippen LogP) is 3.71. The summed E-state index contributed by atoms with van der Waals surface area (Å²) in [6.45, 7) is 14.6. The maximum atomic E-state index is 12.3. The van der Waals surface area contributed by atoms with Crippen molar-refractivity contribution in [1.82, 2.24) is 5.32 Å². The smallest absolute Gasteiger partial charge is 0.223 e. The van der Waals surface area contributed by atoms with Gasteiger partial charge in [0.15, 0.2) is 0 Å². The fraction of sp³-hybridized carbons (Fsp3) is 0.941. The molecule has 2 aliphatic rings. The van der Waals surface area contributed by atoms with Gasteiger partial charge in [0.05, 0.1) is 0 Å². The zero-order chi connectivity index (χ0) is 14.4. The molecule has 2 nitrogen and oxygen atoms in total. The van der Waals surface area contributed by atoms with Crippen molar-refractivity contribution in [1.29, 1.82) is 0 Å². The van der Waals surface area contributed by atoms with E-state index in [0.29, 0.717) is 40.9 Å². The van der Waals surface area contributed by atoms with Crippen molar-refractivity contribution < 1.29 is 4.79 Å². The normalized spacial score (nSPS) is 36.2. The van der Waals surface area contributed by atoms with E-state index in [1.807, 2.05) is 6.92 Å². The van der Waals surface area contributed by atoms with E-state index in [9.17, 15) is 4.79 Å². The van der Waals surface area contributed by atoms with E-state index in [2.05, 4.69) is 39.9 Å². The van der Waals surface area contributed by atoms with Crippen molar-refractivity contribution in [3.8, 4) is 0 Å². The number of rotatable bonds is 4. The molecule has 0 bridgehead atoms. The van der Waals surface area contributed by atoms with Crippen molar-refractivity contribution in [2.24, 2.45) is 40.9 Å².